The SMILES string of the molecule is COC(=O)C(C)CNCc1ccc(CO)cc1. The molecule has 1 rings (SSSR count). The Morgan fingerprint density at radius 3 is 2.47 bits per heavy atom. The molecule has 0 aliphatic carbocycles. The molecular formula is C13H19NO3. The van der Waals surface area contributed by atoms with Gasteiger partial charge < -0.3 is 15.2 Å². The maximum absolute atomic E-state index is 11.1. The Balaban J connectivity index is 2.33. The minimum Gasteiger partial charge on any atom is -0.469 e. The van der Waals surface area contributed by atoms with Gasteiger partial charge >= 0.3 is 5.97 Å². The van der Waals surface area contributed by atoms with Crippen LogP contribution < -0.4 is 5.32 Å². The van der Waals surface area contributed by atoms with Crippen molar-refractivity contribution < 1.29 is 14.6 Å². The summed E-state index contributed by atoms with van der Waals surface area (Å²) in [5, 5.41) is 12.1. The number of aliphatic hydroxyl groups excluding tert-OH is 1. The van der Waals surface area contributed by atoms with Gasteiger partial charge in [0, 0.05) is 13.1 Å². The third kappa shape index (κ3) is 4.54. The van der Waals surface area contributed by atoms with E-state index < -0.39 is 0 Å². The number of benzene rings is 1. The van der Waals surface area contributed by atoms with Gasteiger partial charge in [-0.05, 0) is 11.1 Å². The zero-order valence-electron chi connectivity index (χ0n) is 10.3. The van der Waals surface area contributed by atoms with Crippen molar-refractivity contribution in [3.05, 3.63) is 35.4 Å². The molecule has 0 bridgehead atoms. The molecule has 0 amide bonds. The van der Waals surface area contributed by atoms with E-state index in [1.54, 1.807) is 0 Å². The standard InChI is InChI=1S/C13H19NO3/c1-10(13(16)17-2)7-14-8-11-3-5-12(9-15)6-4-11/h3-6,10,14-15H,7-9H2,1-2H3. The van der Waals surface area contributed by atoms with Crippen LogP contribution in [0.4, 0.5) is 0 Å². The molecule has 0 fully saturated rings. The van der Waals surface area contributed by atoms with Gasteiger partial charge in [-0.15, -0.1) is 0 Å². The van der Waals surface area contributed by atoms with Crippen molar-refractivity contribution in [2.75, 3.05) is 13.7 Å². The highest BCUT2D eigenvalue weighted by molar-refractivity contribution is 5.72. The predicted octanol–water partition coefficient (Wildman–Crippen LogP) is 1.08. The van der Waals surface area contributed by atoms with Gasteiger partial charge in [-0.25, -0.2) is 0 Å². The Morgan fingerprint density at radius 2 is 1.94 bits per heavy atom. The van der Waals surface area contributed by atoms with Gasteiger partial charge in [0.15, 0.2) is 0 Å². The molecule has 1 unspecified atom stereocenters. The number of aliphatic hydroxyl groups is 1. The van der Waals surface area contributed by atoms with E-state index in [0.717, 1.165) is 11.1 Å². The van der Waals surface area contributed by atoms with E-state index in [1.807, 2.05) is 31.2 Å². The van der Waals surface area contributed by atoms with Gasteiger partial charge in [0.1, 0.15) is 0 Å². The lowest BCUT2D eigenvalue weighted by atomic mass is 10.1. The van der Waals surface area contributed by atoms with Gasteiger partial charge in [0.2, 0.25) is 0 Å². The third-order valence-corrected chi connectivity index (χ3v) is 2.59. The second-order valence-electron chi connectivity index (χ2n) is 4.03. The molecule has 2 N–H and O–H groups in total. The highest BCUT2D eigenvalue weighted by Crippen LogP contribution is 2.04. The molecule has 4 nitrogen and oxygen atoms in total. The van der Waals surface area contributed by atoms with Crippen LogP contribution in [0.2, 0.25) is 0 Å². The lowest BCUT2D eigenvalue weighted by Gasteiger charge is -2.10. The average Bonchev–Trinajstić information content (AvgIpc) is 2.38. The quantitative estimate of drug-likeness (QED) is 0.727. The maximum atomic E-state index is 11.1. The fourth-order valence-electron chi connectivity index (χ4n) is 1.48. The topological polar surface area (TPSA) is 58.6 Å². The molecule has 0 aliphatic rings. The normalized spacial score (nSPS) is 12.2. The summed E-state index contributed by atoms with van der Waals surface area (Å²) in [6.07, 6.45) is 0. The molecule has 0 aromatic heterocycles. The summed E-state index contributed by atoms with van der Waals surface area (Å²) in [6, 6.07) is 7.70. The van der Waals surface area contributed by atoms with Crippen LogP contribution in [0.25, 0.3) is 0 Å². The zero-order chi connectivity index (χ0) is 12.7. The summed E-state index contributed by atoms with van der Waals surface area (Å²) in [4.78, 5) is 11.1. The van der Waals surface area contributed by atoms with Crippen molar-refractivity contribution in [1.29, 1.82) is 0 Å². The fraction of sp³-hybridized carbons (Fsp3) is 0.462. The smallest absolute Gasteiger partial charge is 0.309 e. The second-order valence-corrected chi connectivity index (χ2v) is 4.03. The number of rotatable bonds is 6. The van der Waals surface area contributed by atoms with Gasteiger partial charge in [0.05, 0.1) is 19.6 Å². The Hall–Kier alpha value is -1.39. The molecule has 0 saturated heterocycles. The summed E-state index contributed by atoms with van der Waals surface area (Å²) in [5.74, 6) is -0.343. The fourth-order valence-corrected chi connectivity index (χ4v) is 1.48. The van der Waals surface area contributed by atoms with Crippen LogP contribution in [-0.2, 0) is 22.7 Å². The third-order valence-electron chi connectivity index (χ3n) is 2.59. The van der Waals surface area contributed by atoms with Crippen LogP contribution in [0.5, 0.6) is 0 Å². The molecule has 4 heteroatoms. The van der Waals surface area contributed by atoms with E-state index in [2.05, 4.69) is 10.1 Å². The Bertz CT molecular complexity index is 348. The molecule has 0 spiro atoms. The first-order chi connectivity index (χ1) is 8.17. The van der Waals surface area contributed by atoms with Crippen molar-refractivity contribution in [1.82, 2.24) is 5.32 Å². The molecular weight excluding hydrogens is 218 g/mol. The van der Waals surface area contributed by atoms with Crippen LogP contribution in [0.1, 0.15) is 18.1 Å². The summed E-state index contributed by atoms with van der Waals surface area (Å²) in [5.41, 5.74) is 2.02. The van der Waals surface area contributed by atoms with Gasteiger partial charge in [-0.1, -0.05) is 31.2 Å². The first kappa shape index (κ1) is 13.7. The number of hydrogen-bond donors (Lipinski definition) is 2. The maximum Gasteiger partial charge on any atom is 0.309 e. The van der Waals surface area contributed by atoms with Crippen molar-refractivity contribution in [3.8, 4) is 0 Å². The van der Waals surface area contributed by atoms with E-state index in [1.165, 1.54) is 7.11 Å². The van der Waals surface area contributed by atoms with Crippen LogP contribution >= 0.6 is 0 Å². The Morgan fingerprint density at radius 1 is 1.35 bits per heavy atom. The van der Waals surface area contributed by atoms with Gasteiger partial charge in [0.25, 0.3) is 0 Å². The van der Waals surface area contributed by atoms with E-state index in [0.29, 0.717) is 13.1 Å². The molecule has 0 heterocycles. The highest BCUT2D eigenvalue weighted by Gasteiger charge is 2.11. The molecule has 0 aliphatic heterocycles. The van der Waals surface area contributed by atoms with Crippen molar-refractivity contribution in [3.63, 3.8) is 0 Å². The largest absolute Gasteiger partial charge is 0.469 e. The average molecular weight is 237 g/mol. The number of hydrogen-bond acceptors (Lipinski definition) is 4. The number of ether oxygens (including phenoxy) is 1. The molecule has 1 aromatic carbocycles. The number of esters is 1. The summed E-state index contributed by atoms with van der Waals surface area (Å²) in [7, 11) is 1.40. The van der Waals surface area contributed by atoms with Crippen molar-refractivity contribution in [2.24, 2.45) is 5.92 Å². The Labute approximate surface area is 102 Å². The minimum atomic E-state index is -0.201. The van der Waals surface area contributed by atoms with E-state index >= 15 is 0 Å². The second kappa shape index (κ2) is 7.04. The first-order valence-electron chi connectivity index (χ1n) is 5.64. The predicted molar refractivity (Wildman–Crippen MR) is 65.3 cm³/mol. The summed E-state index contributed by atoms with van der Waals surface area (Å²) >= 11 is 0. The van der Waals surface area contributed by atoms with Crippen molar-refractivity contribution in [2.45, 2.75) is 20.1 Å². The van der Waals surface area contributed by atoms with E-state index in [4.69, 9.17) is 5.11 Å². The molecule has 17 heavy (non-hydrogen) atoms. The monoisotopic (exact) mass is 237 g/mol. The molecule has 0 saturated carbocycles. The first-order valence-corrected chi connectivity index (χ1v) is 5.64. The summed E-state index contributed by atoms with van der Waals surface area (Å²) < 4.78 is 4.64. The van der Waals surface area contributed by atoms with Gasteiger partial charge in [-0.3, -0.25) is 4.79 Å². The number of carbonyl (C=O) groups is 1. The van der Waals surface area contributed by atoms with Crippen LogP contribution in [0.15, 0.2) is 24.3 Å². The van der Waals surface area contributed by atoms with Crippen LogP contribution in [0, 0.1) is 5.92 Å². The molecule has 1 atom stereocenters. The van der Waals surface area contributed by atoms with Crippen LogP contribution in [-0.4, -0.2) is 24.7 Å². The van der Waals surface area contributed by atoms with Gasteiger partial charge in [-0.2, -0.15) is 0 Å². The van der Waals surface area contributed by atoms with E-state index in [-0.39, 0.29) is 18.5 Å². The number of nitrogens with one attached hydrogen (secondary N) is 1. The van der Waals surface area contributed by atoms with Crippen LogP contribution in [0.3, 0.4) is 0 Å². The number of methoxy groups -OCH3 is 1. The minimum absolute atomic E-state index is 0.0626. The zero-order valence-corrected chi connectivity index (χ0v) is 10.3. The van der Waals surface area contributed by atoms with E-state index in [9.17, 15) is 4.79 Å². The van der Waals surface area contributed by atoms with Crippen molar-refractivity contribution >= 4 is 5.97 Å². The molecule has 94 valence electrons. The lowest BCUT2D eigenvalue weighted by molar-refractivity contribution is -0.144. The summed E-state index contributed by atoms with van der Waals surface area (Å²) in [6.45, 7) is 3.18. The lowest BCUT2D eigenvalue weighted by Crippen LogP contribution is -2.26. The number of carbonyl (C=O) groups excluding carboxylic acids is 1. The Kier molecular flexibility index (Phi) is 5.66. The molecule has 0 radical (unpaired) electrons. The molecule has 1 aromatic rings. The highest BCUT2D eigenvalue weighted by atomic mass is 16.5.